The van der Waals surface area contributed by atoms with Crippen LogP contribution >= 0.6 is 0 Å². The smallest absolute Gasteiger partial charge is 0.110 e. The van der Waals surface area contributed by atoms with Crippen LogP contribution in [0.3, 0.4) is 0 Å². The number of aliphatic hydroxyl groups excluding tert-OH is 1. The van der Waals surface area contributed by atoms with E-state index in [2.05, 4.69) is 0 Å². The van der Waals surface area contributed by atoms with Gasteiger partial charge in [-0.25, -0.2) is 0 Å². The molecule has 0 spiro atoms. The second-order valence-electron chi connectivity index (χ2n) is 3.18. The zero-order valence-corrected chi connectivity index (χ0v) is 7.07. The summed E-state index contributed by atoms with van der Waals surface area (Å²) >= 11 is 0. The average Bonchev–Trinajstić information content (AvgIpc) is 2.03. The van der Waals surface area contributed by atoms with Gasteiger partial charge in [0, 0.05) is 0 Å². The molecule has 1 rings (SSSR count). The van der Waals surface area contributed by atoms with Crippen LogP contribution in [0.15, 0.2) is 30.3 Å². The molecule has 1 atom stereocenters. The van der Waals surface area contributed by atoms with Crippen LogP contribution in [0.25, 0.3) is 0 Å². The molecule has 0 radical (unpaired) electrons. The first kappa shape index (κ1) is 9.19. The molecule has 1 unspecified atom stereocenters. The zero-order chi connectivity index (χ0) is 9.19. The van der Waals surface area contributed by atoms with E-state index in [4.69, 9.17) is 11.5 Å². The number of hydrogen-bond donors (Lipinski definition) is 3. The quantitative estimate of drug-likeness (QED) is 0.555. The summed E-state index contributed by atoms with van der Waals surface area (Å²) in [7, 11) is 0. The Balaban J connectivity index is 2.86. The molecule has 3 nitrogen and oxygen atoms in total. The van der Waals surface area contributed by atoms with Gasteiger partial charge in [0.2, 0.25) is 0 Å². The van der Waals surface area contributed by atoms with Crippen LogP contribution in [0, 0.1) is 0 Å². The maximum atomic E-state index is 9.61. The van der Waals surface area contributed by atoms with Crippen molar-refractivity contribution in [2.24, 2.45) is 11.5 Å². The second kappa shape index (κ2) is 3.23. The van der Waals surface area contributed by atoms with E-state index in [1.807, 2.05) is 18.2 Å². The molecular weight excluding hydrogens is 152 g/mol. The normalized spacial score (nSPS) is 14.3. The first-order valence-corrected chi connectivity index (χ1v) is 3.82. The van der Waals surface area contributed by atoms with Crippen molar-refractivity contribution < 1.29 is 5.11 Å². The van der Waals surface area contributed by atoms with Crippen molar-refractivity contribution in [1.82, 2.24) is 0 Å². The van der Waals surface area contributed by atoms with Crippen molar-refractivity contribution in [1.29, 1.82) is 0 Å². The van der Waals surface area contributed by atoms with Crippen molar-refractivity contribution in [2.45, 2.75) is 18.7 Å². The fourth-order valence-electron chi connectivity index (χ4n) is 0.994. The van der Waals surface area contributed by atoms with E-state index in [0.717, 1.165) is 5.56 Å². The number of aliphatic hydroxyl groups is 1. The topological polar surface area (TPSA) is 72.3 Å². The van der Waals surface area contributed by atoms with Gasteiger partial charge in [0.25, 0.3) is 0 Å². The molecular formula is C9H14N2O. The molecule has 0 heterocycles. The maximum absolute atomic E-state index is 9.61. The van der Waals surface area contributed by atoms with E-state index in [-0.39, 0.29) is 0 Å². The summed E-state index contributed by atoms with van der Waals surface area (Å²) in [5.74, 6) is 0. The highest BCUT2D eigenvalue weighted by molar-refractivity contribution is 5.19. The summed E-state index contributed by atoms with van der Waals surface area (Å²) in [5, 5.41) is 9.61. The lowest BCUT2D eigenvalue weighted by atomic mass is 9.99. The minimum Gasteiger partial charge on any atom is -0.385 e. The SMILES string of the molecule is CC(N)(N)C(O)c1ccccc1. The lowest BCUT2D eigenvalue weighted by molar-refractivity contribution is 0.0977. The van der Waals surface area contributed by atoms with Crippen LogP contribution in [-0.2, 0) is 0 Å². The number of benzene rings is 1. The Bertz CT molecular complexity index is 240. The highest BCUT2D eigenvalue weighted by atomic mass is 16.3. The molecule has 0 aromatic heterocycles. The van der Waals surface area contributed by atoms with Crippen molar-refractivity contribution in [3.8, 4) is 0 Å². The highest BCUT2D eigenvalue weighted by Crippen LogP contribution is 2.18. The molecule has 0 saturated heterocycles. The predicted molar refractivity (Wildman–Crippen MR) is 48.2 cm³/mol. The summed E-state index contributed by atoms with van der Waals surface area (Å²) in [6, 6.07) is 9.14. The van der Waals surface area contributed by atoms with Crippen LogP contribution in [0.1, 0.15) is 18.6 Å². The molecule has 0 aliphatic rings. The predicted octanol–water partition coefficient (Wildman–Crippen LogP) is 0.354. The molecule has 1 aromatic rings. The zero-order valence-electron chi connectivity index (χ0n) is 7.07. The second-order valence-corrected chi connectivity index (χ2v) is 3.18. The first-order valence-electron chi connectivity index (χ1n) is 3.82. The molecule has 0 saturated carbocycles. The monoisotopic (exact) mass is 166 g/mol. The van der Waals surface area contributed by atoms with Gasteiger partial charge in [0.15, 0.2) is 0 Å². The third kappa shape index (κ3) is 2.04. The Morgan fingerprint density at radius 2 is 1.75 bits per heavy atom. The van der Waals surface area contributed by atoms with Gasteiger partial charge in [-0.3, -0.25) is 0 Å². The molecule has 5 N–H and O–H groups in total. The molecule has 1 aromatic carbocycles. The first-order chi connectivity index (χ1) is 5.52. The van der Waals surface area contributed by atoms with Gasteiger partial charge >= 0.3 is 0 Å². The fourth-order valence-corrected chi connectivity index (χ4v) is 0.994. The minimum atomic E-state index is -1.08. The summed E-state index contributed by atoms with van der Waals surface area (Å²) in [6.45, 7) is 1.59. The molecule has 0 aliphatic heterocycles. The lowest BCUT2D eigenvalue weighted by Crippen LogP contribution is -2.51. The standard InChI is InChI=1S/C9H14N2O/c1-9(10,11)8(12)7-5-3-2-4-6-7/h2-6,8,12H,10-11H2,1H3. The van der Waals surface area contributed by atoms with E-state index in [9.17, 15) is 5.11 Å². The Morgan fingerprint density at radius 3 is 2.17 bits per heavy atom. The molecule has 66 valence electrons. The summed E-state index contributed by atoms with van der Waals surface area (Å²) in [5.41, 5.74) is 10.7. The Labute approximate surface area is 72.0 Å². The lowest BCUT2D eigenvalue weighted by Gasteiger charge is -2.25. The van der Waals surface area contributed by atoms with Gasteiger partial charge in [-0.1, -0.05) is 30.3 Å². The molecule has 12 heavy (non-hydrogen) atoms. The summed E-state index contributed by atoms with van der Waals surface area (Å²) in [4.78, 5) is 0. The minimum absolute atomic E-state index is 0.741. The summed E-state index contributed by atoms with van der Waals surface area (Å²) in [6.07, 6.45) is -0.821. The van der Waals surface area contributed by atoms with E-state index in [0.29, 0.717) is 0 Å². The maximum Gasteiger partial charge on any atom is 0.110 e. The Hall–Kier alpha value is -0.900. The average molecular weight is 166 g/mol. The van der Waals surface area contributed by atoms with E-state index in [1.165, 1.54) is 0 Å². The van der Waals surface area contributed by atoms with Gasteiger partial charge < -0.3 is 16.6 Å². The van der Waals surface area contributed by atoms with Crippen LogP contribution < -0.4 is 11.5 Å². The van der Waals surface area contributed by atoms with Crippen molar-refractivity contribution in [3.63, 3.8) is 0 Å². The van der Waals surface area contributed by atoms with Gasteiger partial charge in [-0.05, 0) is 12.5 Å². The van der Waals surface area contributed by atoms with Crippen molar-refractivity contribution in [2.75, 3.05) is 0 Å². The van der Waals surface area contributed by atoms with Crippen LogP contribution in [0.2, 0.25) is 0 Å². The number of nitrogens with two attached hydrogens (primary N) is 2. The largest absolute Gasteiger partial charge is 0.385 e. The van der Waals surface area contributed by atoms with E-state index < -0.39 is 11.8 Å². The number of rotatable bonds is 2. The molecule has 0 aliphatic carbocycles. The van der Waals surface area contributed by atoms with Crippen LogP contribution in [-0.4, -0.2) is 10.8 Å². The Kier molecular flexibility index (Phi) is 2.47. The molecule has 0 fully saturated rings. The number of hydrogen-bond acceptors (Lipinski definition) is 3. The molecule has 0 bridgehead atoms. The van der Waals surface area contributed by atoms with Crippen LogP contribution in [0.4, 0.5) is 0 Å². The van der Waals surface area contributed by atoms with Crippen LogP contribution in [0.5, 0.6) is 0 Å². The fraction of sp³-hybridized carbons (Fsp3) is 0.333. The molecule has 3 heteroatoms. The third-order valence-corrected chi connectivity index (χ3v) is 1.70. The van der Waals surface area contributed by atoms with Crippen molar-refractivity contribution in [3.05, 3.63) is 35.9 Å². The van der Waals surface area contributed by atoms with E-state index >= 15 is 0 Å². The summed E-state index contributed by atoms with van der Waals surface area (Å²) < 4.78 is 0. The van der Waals surface area contributed by atoms with Gasteiger partial charge in [-0.2, -0.15) is 0 Å². The van der Waals surface area contributed by atoms with E-state index in [1.54, 1.807) is 19.1 Å². The third-order valence-electron chi connectivity index (χ3n) is 1.70. The highest BCUT2D eigenvalue weighted by Gasteiger charge is 2.24. The van der Waals surface area contributed by atoms with Gasteiger partial charge in [-0.15, -0.1) is 0 Å². The Morgan fingerprint density at radius 1 is 1.25 bits per heavy atom. The van der Waals surface area contributed by atoms with Crippen molar-refractivity contribution >= 4 is 0 Å². The molecule has 0 amide bonds. The van der Waals surface area contributed by atoms with Gasteiger partial charge in [0.1, 0.15) is 6.10 Å². The van der Waals surface area contributed by atoms with Gasteiger partial charge in [0.05, 0.1) is 5.66 Å².